The lowest BCUT2D eigenvalue weighted by Gasteiger charge is -2.06. The number of rotatable bonds is 1. The molecule has 0 amide bonds. The topological polar surface area (TPSA) is 80.7 Å². The van der Waals surface area contributed by atoms with Crippen LogP contribution in [0.25, 0.3) is 33.1 Å². The molecule has 0 radical (unpaired) electrons. The van der Waals surface area contributed by atoms with E-state index < -0.39 is 11.3 Å². The highest BCUT2D eigenvalue weighted by Crippen LogP contribution is 2.27. The minimum Gasteiger partial charge on any atom is -0.508 e. The molecule has 5 heteroatoms. The minimum absolute atomic E-state index is 0.0368. The molecule has 0 spiro atoms. The van der Waals surface area contributed by atoms with Crippen LogP contribution < -0.4 is 11.3 Å². The molecule has 1 N–H and O–H groups in total. The maximum Gasteiger partial charge on any atom is 0.344 e. The van der Waals surface area contributed by atoms with Crippen LogP contribution in [-0.2, 0) is 0 Å². The van der Waals surface area contributed by atoms with Crippen molar-refractivity contribution < 1.29 is 13.9 Å². The summed E-state index contributed by atoms with van der Waals surface area (Å²) in [6.45, 7) is 1.81. The maximum absolute atomic E-state index is 12.3. The van der Waals surface area contributed by atoms with Crippen molar-refractivity contribution in [3.63, 3.8) is 0 Å². The Kier molecular flexibility index (Phi) is 3.03. The Labute approximate surface area is 135 Å². The summed E-state index contributed by atoms with van der Waals surface area (Å²) in [6, 6.07) is 12.9. The van der Waals surface area contributed by atoms with Crippen molar-refractivity contribution in [2.24, 2.45) is 0 Å². The lowest BCUT2D eigenvalue weighted by Crippen LogP contribution is -2.03. The van der Waals surface area contributed by atoms with E-state index in [0.29, 0.717) is 27.7 Å². The predicted octanol–water partition coefficient (Wildman–Crippen LogP) is 3.58. The Morgan fingerprint density at radius 2 is 1.71 bits per heavy atom. The van der Waals surface area contributed by atoms with Gasteiger partial charge < -0.3 is 13.9 Å². The Hall–Kier alpha value is -3.34. The maximum atomic E-state index is 12.3. The van der Waals surface area contributed by atoms with Crippen LogP contribution >= 0.6 is 0 Å². The van der Waals surface area contributed by atoms with Crippen molar-refractivity contribution in [2.75, 3.05) is 0 Å². The van der Waals surface area contributed by atoms with Gasteiger partial charge in [0.2, 0.25) is 0 Å². The molecule has 0 bridgehead atoms. The molecule has 2 aromatic heterocycles. The van der Waals surface area contributed by atoms with E-state index >= 15 is 0 Å². The van der Waals surface area contributed by atoms with Crippen molar-refractivity contribution in [3.8, 4) is 16.9 Å². The van der Waals surface area contributed by atoms with E-state index in [1.54, 1.807) is 30.3 Å². The Balaban J connectivity index is 1.98. The summed E-state index contributed by atoms with van der Waals surface area (Å²) in [7, 11) is 0. The van der Waals surface area contributed by atoms with Gasteiger partial charge in [-0.05, 0) is 48.4 Å². The summed E-state index contributed by atoms with van der Waals surface area (Å²) in [4.78, 5) is 23.7. The molecule has 4 aromatic rings. The molecule has 0 atom stereocenters. The standard InChI is InChI=1S/C19H12O5/c1-10-6-18(21)23-16-5-3-11(7-14(10)16)15-8-12-2-4-13(20)9-17(12)24-19(15)22/h2-9,20H,1H3. The van der Waals surface area contributed by atoms with Crippen molar-refractivity contribution in [2.45, 2.75) is 6.92 Å². The van der Waals surface area contributed by atoms with Gasteiger partial charge in [0.05, 0.1) is 5.56 Å². The van der Waals surface area contributed by atoms with Crippen molar-refractivity contribution in [1.82, 2.24) is 0 Å². The Morgan fingerprint density at radius 3 is 2.54 bits per heavy atom. The second-order valence-electron chi connectivity index (χ2n) is 5.63. The number of benzene rings is 2. The molecule has 0 unspecified atom stereocenters. The van der Waals surface area contributed by atoms with E-state index in [1.165, 1.54) is 18.2 Å². The summed E-state index contributed by atoms with van der Waals surface area (Å²) < 4.78 is 10.5. The summed E-state index contributed by atoms with van der Waals surface area (Å²) in [5.41, 5.74) is 1.74. The van der Waals surface area contributed by atoms with Gasteiger partial charge in [-0.1, -0.05) is 6.07 Å². The molecule has 2 aromatic carbocycles. The smallest absolute Gasteiger partial charge is 0.344 e. The second kappa shape index (κ2) is 5.09. The van der Waals surface area contributed by atoms with E-state index in [4.69, 9.17) is 8.83 Å². The van der Waals surface area contributed by atoms with Crippen LogP contribution in [0, 0.1) is 6.92 Å². The largest absolute Gasteiger partial charge is 0.508 e. The number of aryl methyl sites for hydroxylation is 1. The average Bonchev–Trinajstić information content (AvgIpc) is 2.54. The lowest BCUT2D eigenvalue weighted by molar-refractivity contribution is 0.473. The van der Waals surface area contributed by atoms with Gasteiger partial charge >= 0.3 is 11.3 Å². The molecule has 0 fully saturated rings. The first-order valence-electron chi connectivity index (χ1n) is 7.33. The summed E-state index contributed by atoms with van der Waals surface area (Å²) in [5.74, 6) is 0.0368. The third-order valence-corrected chi connectivity index (χ3v) is 3.98. The van der Waals surface area contributed by atoms with Gasteiger partial charge in [0.15, 0.2) is 0 Å². The third kappa shape index (κ3) is 2.27. The first kappa shape index (κ1) is 14.3. The molecular weight excluding hydrogens is 308 g/mol. The van der Waals surface area contributed by atoms with Crippen molar-refractivity contribution >= 4 is 21.9 Å². The SMILES string of the molecule is Cc1cc(=O)oc2ccc(-c3cc4ccc(O)cc4oc3=O)cc12. The monoisotopic (exact) mass is 320 g/mol. The second-order valence-corrected chi connectivity index (χ2v) is 5.63. The van der Waals surface area contributed by atoms with Gasteiger partial charge in [0.25, 0.3) is 0 Å². The van der Waals surface area contributed by atoms with E-state index in [0.717, 1.165) is 10.9 Å². The number of phenols is 1. The van der Waals surface area contributed by atoms with E-state index in [1.807, 2.05) is 6.92 Å². The zero-order valence-corrected chi connectivity index (χ0v) is 12.7. The van der Waals surface area contributed by atoms with Gasteiger partial charge in [-0.15, -0.1) is 0 Å². The molecule has 24 heavy (non-hydrogen) atoms. The fourth-order valence-corrected chi connectivity index (χ4v) is 2.79. The summed E-state index contributed by atoms with van der Waals surface area (Å²) >= 11 is 0. The number of hydrogen-bond donors (Lipinski definition) is 1. The Bertz CT molecular complexity index is 1210. The Morgan fingerprint density at radius 1 is 0.875 bits per heavy atom. The fourth-order valence-electron chi connectivity index (χ4n) is 2.79. The molecule has 0 aliphatic carbocycles. The van der Waals surface area contributed by atoms with Crippen LogP contribution in [0.4, 0.5) is 0 Å². The molecule has 0 saturated carbocycles. The number of hydrogen-bond acceptors (Lipinski definition) is 5. The number of fused-ring (bicyclic) bond motifs is 2. The highest BCUT2D eigenvalue weighted by molar-refractivity contribution is 5.88. The fraction of sp³-hybridized carbons (Fsp3) is 0.0526. The van der Waals surface area contributed by atoms with Gasteiger partial charge in [0, 0.05) is 22.9 Å². The van der Waals surface area contributed by atoms with Crippen molar-refractivity contribution in [1.29, 1.82) is 0 Å². The molecular formula is C19H12O5. The summed E-state index contributed by atoms with van der Waals surface area (Å²) in [5, 5.41) is 10.9. The number of phenolic OH excluding ortho intramolecular Hbond substituents is 1. The third-order valence-electron chi connectivity index (χ3n) is 3.98. The molecule has 118 valence electrons. The van der Waals surface area contributed by atoms with Crippen LogP contribution in [0.3, 0.4) is 0 Å². The van der Waals surface area contributed by atoms with Crippen LogP contribution in [0.5, 0.6) is 5.75 Å². The molecule has 0 aliphatic rings. The molecule has 0 saturated heterocycles. The first-order chi connectivity index (χ1) is 11.5. The normalized spacial score (nSPS) is 11.2. The zero-order chi connectivity index (χ0) is 16.8. The highest BCUT2D eigenvalue weighted by Gasteiger charge is 2.11. The lowest BCUT2D eigenvalue weighted by atomic mass is 10.0. The molecule has 2 heterocycles. The van der Waals surface area contributed by atoms with E-state index in [2.05, 4.69) is 0 Å². The van der Waals surface area contributed by atoms with Crippen LogP contribution in [0.2, 0.25) is 0 Å². The van der Waals surface area contributed by atoms with Gasteiger partial charge in [-0.3, -0.25) is 0 Å². The zero-order valence-electron chi connectivity index (χ0n) is 12.7. The van der Waals surface area contributed by atoms with Crippen LogP contribution in [0.1, 0.15) is 5.56 Å². The molecule has 5 nitrogen and oxygen atoms in total. The minimum atomic E-state index is -0.498. The van der Waals surface area contributed by atoms with E-state index in [-0.39, 0.29) is 5.75 Å². The first-order valence-corrected chi connectivity index (χ1v) is 7.33. The highest BCUT2D eigenvalue weighted by atomic mass is 16.4. The van der Waals surface area contributed by atoms with Crippen LogP contribution in [0.15, 0.2) is 67.0 Å². The quantitative estimate of drug-likeness (QED) is 0.542. The number of aromatic hydroxyl groups is 1. The van der Waals surface area contributed by atoms with E-state index in [9.17, 15) is 14.7 Å². The van der Waals surface area contributed by atoms with Gasteiger partial charge in [-0.2, -0.15) is 0 Å². The predicted molar refractivity (Wildman–Crippen MR) is 90.4 cm³/mol. The molecule has 4 rings (SSSR count). The van der Waals surface area contributed by atoms with Gasteiger partial charge in [-0.25, -0.2) is 9.59 Å². The average molecular weight is 320 g/mol. The van der Waals surface area contributed by atoms with Gasteiger partial charge in [0.1, 0.15) is 16.9 Å². The molecule has 0 aliphatic heterocycles. The van der Waals surface area contributed by atoms with Crippen LogP contribution in [-0.4, -0.2) is 5.11 Å². The van der Waals surface area contributed by atoms with Crippen molar-refractivity contribution in [3.05, 3.63) is 74.9 Å². The summed E-state index contributed by atoms with van der Waals surface area (Å²) in [6.07, 6.45) is 0.